The van der Waals surface area contributed by atoms with Crippen molar-refractivity contribution in [2.75, 3.05) is 0 Å². The van der Waals surface area contributed by atoms with E-state index in [2.05, 4.69) is 162 Å². The Kier molecular flexibility index (Phi) is 8.12. The lowest BCUT2D eigenvalue weighted by atomic mass is 10.3. The summed E-state index contributed by atoms with van der Waals surface area (Å²) in [4.78, 5) is 0. The molecule has 0 saturated heterocycles. The van der Waals surface area contributed by atoms with Gasteiger partial charge in [0.2, 0.25) is 0 Å². The number of hydrogen-bond donors (Lipinski definition) is 0. The lowest BCUT2D eigenvalue weighted by molar-refractivity contribution is 1.78. The Bertz CT molecular complexity index is 1230. The van der Waals surface area contributed by atoms with Crippen LogP contribution in [-0.2, 0) is 0 Å². The molecule has 12 radical (unpaired) electrons. The van der Waals surface area contributed by atoms with E-state index in [0.717, 1.165) is 20.7 Å². The molecule has 166 valence electrons. The molecular formula is C30H20P2Si4. The molecule has 0 bridgehead atoms. The Balaban J connectivity index is 1.57. The van der Waals surface area contributed by atoms with E-state index in [1.54, 1.807) is 0 Å². The highest BCUT2D eigenvalue weighted by molar-refractivity contribution is 7.80. The van der Waals surface area contributed by atoms with Gasteiger partial charge in [-0.1, -0.05) is 142 Å². The van der Waals surface area contributed by atoms with Gasteiger partial charge in [0, 0.05) is 0 Å². The first-order valence-corrected chi connectivity index (χ1v) is 16.1. The molecule has 0 aliphatic rings. The Morgan fingerprint density at radius 1 is 0.250 bits per heavy atom. The van der Waals surface area contributed by atoms with Gasteiger partial charge in [0.05, 0.1) is 41.0 Å². The maximum Gasteiger partial charge on any atom is 0.0711 e. The largest absolute Gasteiger partial charge is 0.0711 e. The smallest absolute Gasteiger partial charge is 0.0673 e. The lowest BCUT2D eigenvalue weighted by Gasteiger charge is -2.23. The van der Waals surface area contributed by atoms with E-state index >= 15 is 0 Å². The monoisotopic (exact) mass is 554 g/mol. The zero-order chi connectivity index (χ0) is 25.1. The van der Waals surface area contributed by atoms with E-state index in [9.17, 15) is 0 Å². The summed E-state index contributed by atoms with van der Waals surface area (Å²) in [5, 5.41) is 12.4. The van der Waals surface area contributed by atoms with Crippen molar-refractivity contribution in [3.05, 3.63) is 121 Å². The normalized spacial score (nSPS) is 11.3. The molecule has 0 atom stereocenters. The summed E-state index contributed by atoms with van der Waals surface area (Å²) in [7, 11) is 13.2. The molecule has 0 aliphatic carbocycles. The van der Waals surface area contributed by atoms with Crippen LogP contribution < -0.4 is 52.6 Å². The van der Waals surface area contributed by atoms with Crippen molar-refractivity contribution in [3.8, 4) is 0 Å². The van der Waals surface area contributed by atoms with E-state index in [1.165, 1.54) is 31.8 Å². The van der Waals surface area contributed by atoms with Gasteiger partial charge in [0.1, 0.15) is 0 Å². The molecule has 0 unspecified atom stereocenters. The first-order chi connectivity index (χ1) is 17.5. The second-order valence-corrected chi connectivity index (χ2v) is 15.1. The minimum atomic E-state index is -0.668. The van der Waals surface area contributed by atoms with Crippen LogP contribution in [0, 0.1) is 0 Å². The van der Waals surface area contributed by atoms with Crippen LogP contribution in [0.25, 0.3) is 0 Å². The van der Waals surface area contributed by atoms with Crippen molar-refractivity contribution in [1.82, 2.24) is 0 Å². The van der Waals surface area contributed by atoms with Gasteiger partial charge in [0.25, 0.3) is 0 Å². The predicted octanol–water partition coefficient (Wildman–Crippen LogP) is 0.378. The maximum absolute atomic E-state index is 3.65. The fraction of sp³-hybridized carbons (Fsp3) is 0. The van der Waals surface area contributed by atoms with Crippen molar-refractivity contribution >= 4 is 109 Å². The molecule has 0 fully saturated rings. The molecule has 0 nitrogen and oxygen atoms in total. The molecule has 0 N–H and O–H groups in total. The van der Waals surface area contributed by atoms with Crippen LogP contribution in [-0.4, -0.2) is 41.0 Å². The minimum Gasteiger partial charge on any atom is -0.0673 e. The quantitative estimate of drug-likeness (QED) is 0.210. The molecule has 5 aromatic carbocycles. The molecule has 0 amide bonds. The third kappa shape index (κ3) is 5.86. The third-order valence-electron chi connectivity index (χ3n) is 5.87. The molecule has 5 aromatic rings. The Labute approximate surface area is 229 Å². The van der Waals surface area contributed by atoms with E-state index in [-0.39, 0.29) is 0 Å². The van der Waals surface area contributed by atoms with Crippen molar-refractivity contribution in [2.45, 2.75) is 0 Å². The van der Waals surface area contributed by atoms with Crippen LogP contribution in [0.5, 0.6) is 0 Å². The molecule has 0 spiro atoms. The number of rotatable bonds is 6. The van der Waals surface area contributed by atoms with E-state index < -0.39 is 15.8 Å². The fourth-order valence-electron chi connectivity index (χ4n) is 4.09. The maximum atomic E-state index is 3.65. The molecule has 36 heavy (non-hydrogen) atoms. The summed E-state index contributed by atoms with van der Waals surface area (Å²) in [6.07, 6.45) is 0. The molecule has 0 saturated carbocycles. The van der Waals surface area contributed by atoms with E-state index in [4.69, 9.17) is 0 Å². The molecule has 0 aromatic heterocycles. The van der Waals surface area contributed by atoms with Crippen LogP contribution in [0.15, 0.2) is 121 Å². The van der Waals surface area contributed by atoms with Crippen LogP contribution in [0.2, 0.25) is 0 Å². The highest BCUT2D eigenvalue weighted by Crippen LogP contribution is 2.35. The second kappa shape index (κ2) is 11.5. The Morgan fingerprint density at radius 3 is 0.556 bits per heavy atom. The summed E-state index contributed by atoms with van der Waals surface area (Å²) in [5.74, 6) is 0. The summed E-state index contributed by atoms with van der Waals surface area (Å²) < 4.78 is 0. The SMILES string of the molecule is [Si]c1ccc(P(c2ccc([Si])cc2)c2ccc(P(c3ccc([Si])cc3)c3ccc([Si])cc3)cc2)cc1. The molecular weight excluding hydrogens is 535 g/mol. The summed E-state index contributed by atoms with van der Waals surface area (Å²) >= 11 is 0. The minimum absolute atomic E-state index is 0.668. The first-order valence-electron chi connectivity index (χ1n) is 11.4. The summed E-state index contributed by atoms with van der Waals surface area (Å²) in [5.41, 5.74) is 0. The van der Waals surface area contributed by atoms with E-state index in [0.29, 0.717) is 0 Å². The molecule has 0 aliphatic heterocycles. The van der Waals surface area contributed by atoms with Gasteiger partial charge in [0.15, 0.2) is 0 Å². The number of hydrogen-bond acceptors (Lipinski definition) is 0. The predicted molar refractivity (Wildman–Crippen MR) is 165 cm³/mol. The van der Waals surface area contributed by atoms with Crippen molar-refractivity contribution in [2.24, 2.45) is 0 Å². The number of benzene rings is 5. The molecule has 0 heterocycles. The highest BCUT2D eigenvalue weighted by Gasteiger charge is 2.20. The molecule has 5 rings (SSSR count). The van der Waals surface area contributed by atoms with Gasteiger partial charge >= 0.3 is 0 Å². The summed E-state index contributed by atoms with van der Waals surface area (Å²) in [6.45, 7) is 0. The van der Waals surface area contributed by atoms with Gasteiger partial charge in [-0.3, -0.25) is 0 Å². The Hall–Kier alpha value is -2.17. The third-order valence-corrected chi connectivity index (χ3v) is 12.1. The van der Waals surface area contributed by atoms with Crippen molar-refractivity contribution in [1.29, 1.82) is 0 Å². The zero-order valence-electron chi connectivity index (χ0n) is 19.4. The average molecular weight is 555 g/mol. The highest BCUT2D eigenvalue weighted by atomic mass is 31.1. The average Bonchev–Trinajstić information content (AvgIpc) is 2.90. The second-order valence-electron chi connectivity index (χ2n) is 8.37. The van der Waals surface area contributed by atoms with Gasteiger partial charge in [-0.25, -0.2) is 0 Å². The van der Waals surface area contributed by atoms with Gasteiger partial charge in [-0.05, 0) is 47.7 Å². The Morgan fingerprint density at radius 2 is 0.389 bits per heavy atom. The standard InChI is InChI=1S/C30H20P2Si4/c33-27-13-5-23(6-14-27)31(24-7-15-28(34)16-8-24)21-1-2-22(4-3-21)32(25-9-17-29(35)18-10-25)26-11-19-30(36)20-12-26/h1-20H. The van der Waals surface area contributed by atoms with Gasteiger partial charge in [-0.2, -0.15) is 0 Å². The van der Waals surface area contributed by atoms with Gasteiger partial charge < -0.3 is 0 Å². The first kappa shape index (κ1) is 25.5. The lowest BCUT2D eigenvalue weighted by Crippen LogP contribution is -2.26. The van der Waals surface area contributed by atoms with E-state index in [1.807, 2.05) is 0 Å². The molecule has 6 heteroatoms. The van der Waals surface area contributed by atoms with Crippen LogP contribution >= 0.6 is 15.8 Å². The van der Waals surface area contributed by atoms with Crippen LogP contribution in [0.3, 0.4) is 0 Å². The van der Waals surface area contributed by atoms with Crippen LogP contribution in [0.4, 0.5) is 0 Å². The van der Waals surface area contributed by atoms with Crippen molar-refractivity contribution < 1.29 is 0 Å². The zero-order valence-corrected chi connectivity index (χ0v) is 25.2. The van der Waals surface area contributed by atoms with Crippen LogP contribution in [0.1, 0.15) is 0 Å². The fourth-order valence-corrected chi connectivity index (χ4v) is 9.23. The van der Waals surface area contributed by atoms with Gasteiger partial charge in [-0.15, -0.1) is 0 Å². The van der Waals surface area contributed by atoms with Crippen molar-refractivity contribution in [3.63, 3.8) is 0 Å². The topological polar surface area (TPSA) is 0 Å². The summed E-state index contributed by atoms with van der Waals surface area (Å²) in [6, 6.07) is 44.3.